The maximum atomic E-state index is 11.6. The Bertz CT molecular complexity index is 641. The molecule has 1 aromatic carbocycles. The van der Waals surface area contributed by atoms with Crippen LogP contribution in [0.15, 0.2) is 36.5 Å². The fourth-order valence-corrected chi connectivity index (χ4v) is 1.83. The molecule has 0 aliphatic rings. The van der Waals surface area contributed by atoms with Crippen LogP contribution in [0.25, 0.3) is 0 Å². The van der Waals surface area contributed by atoms with Gasteiger partial charge in [0.25, 0.3) is 0 Å². The van der Waals surface area contributed by atoms with Gasteiger partial charge in [0.1, 0.15) is 5.75 Å². The number of nitrogens with zero attached hydrogens (tertiary/aromatic N) is 1. The molecule has 2 rings (SSSR count). The van der Waals surface area contributed by atoms with Crippen LogP contribution in [0.3, 0.4) is 0 Å². The highest BCUT2D eigenvalue weighted by atomic mass is 16.5. The zero-order valence-corrected chi connectivity index (χ0v) is 12.4. The third kappa shape index (κ3) is 4.29. The van der Waals surface area contributed by atoms with Gasteiger partial charge < -0.3 is 15.4 Å². The highest BCUT2D eigenvalue weighted by Gasteiger charge is 2.06. The molecule has 1 aromatic heterocycles. The average Bonchev–Trinajstić information content (AvgIpc) is 2.43. The lowest BCUT2D eigenvalue weighted by atomic mass is 10.2. The maximum absolute atomic E-state index is 11.6. The largest absolute Gasteiger partial charge is 0.439 e. The van der Waals surface area contributed by atoms with Crippen LogP contribution in [-0.2, 0) is 4.79 Å². The first-order valence-electron chi connectivity index (χ1n) is 6.74. The zero-order valence-electron chi connectivity index (χ0n) is 12.4. The molecular weight excluding hydrogens is 266 g/mol. The second-order valence-electron chi connectivity index (χ2n) is 4.83. The summed E-state index contributed by atoms with van der Waals surface area (Å²) in [5.41, 5.74) is 2.75. The van der Waals surface area contributed by atoms with E-state index in [-0.39, 0.29) is 12.5 Å². The summed E-state index contributed by atoms with van der Waals surface area (Å²) in [6, 6.07) is 9.33. The number of carbonyl (C=O) groups is 1. The van der Waals surface area contributed by atoms with Gasteiger partial charge in [0.2, 0.25) is 11.8 Å². The molecule has 0 saturated heterocycles. The monoisotopic (exact) mass is 285 g/mol. The van der Waals surface area contributed by atoms with Gasteiger partial charge in [-0.2, -0.15) is 0 Å². The molecule has 0 aliphatic heterocycles. The standard InChI is InChI=1S/C16H19N3O2/c1-11-6-7-18-16(8-11)21-14-9-13(5-4-12(14)2)19-15(20)10-17-3/h4-9,17H,10H2,1-3H3,(H,19,20). The van der Waals surface area contributed by atoms with Gasteiger partial charge in [-0.25, -0.2) is 4.98 Å². The molecule has 0 radical (unpaired) electrons. The normalized spacial score (nSPS) is 10.2. The Morgan fingerprint density at radius 2 is 2.05 bits per heavy atom. The predicted molar refractivity (Wildman–Crippen MR) is 82.8 cm³/mol. The third-order valence-electron chi connectivity index (χ3n) is 2.91. The van der Waals surface area contributed by atoms with Crippen LogP contribution in [0.1, 0.15) is 11.1 Å². The highest BCUT2D eigenvalue weighted by Crippen LogP contribution is 2.27. The van der Waals surface area contributed by atoms with Crippen LogP contribution in [0.2, 0.25) is 0 Å². The molecule has 0 aliphatic carbocycles. The number of ether oxygens (including phenoxy) is 1. The summed E-state index contributed by atoms with van der Waals surface area (Å²) < 4.78 is 5.79. The van der Waals surface area contributed by atoms with Crippen molar-refractivity contribution in [3.63, 3.8) is 0 Å². The maximum Gasteiger partial charge on any atom is 0.238 e. The Balaban J connectivity index is 2.17. The molecule has 5 heteroatoms. The van der Waals surface area contributed by atoms with E-state index in [1.165, 1.54) is 0 Å². The van der Waals surface area contributed by atoms with E-state index in [1.54, 1.807) is 19.3 Å². The van der Waals surface area contributed by atoms with Gasteiger partial charge in [-0.3, -0.25) is 4.79 Å². The molecule has 1 heterocycles. The number of likely N-dealkylation sites (N-methyl/N-ethyl adjacent to an activating group) is 1. The molecule has 0 spiro atoms. The average molecular weight is 285 g/mol. The second kappa shape index (κ2) is 6.85. The van der Waals surface area contributed by atoms with Crippen LogP contribution in [0, 0.1) is 13.8 Å². The Morgan fingerprint density at radius 1 is 1.24 bits per heavy atom. The summed E-state index contributed by atoms with van der Waals surface area (Å²) in [5, 5.41) is 5.61. The zero-order chi connectivity index (χ0) is 15.2. The van der Waals surface area contributed by atoms with Crippen molar-refractivity contribution in [3.05, 3.63) is 47.7 Å². The van der Waals surface area contributed by atoms with Crippen molar-refractivity contribution in [3.8, 4) is 11.6 Å². The van der Waals surface area contributed by atoms with Gasteiger partial charge >= 0.3 is 0 Å². The summed E-state index contributed by atoms with van der Waals surface area (Å²) in [7, 11) is 1.73. The Hall–Kier alpha value is -2.40. The Labute approximate surface area is 124 Å². The van der Waals surface area contributed by atoms with E-state index in [1.807, 2.05) is 38.1 Å². The summed E-state index contributed by atoms with van der Waals surface area (Å²) in [6.07, 6.45) is 1.71. The van der Waals surface area contributed by atoms with Crippen molar-refractivity contribution in [1.29, 1.82) is 0 Å². The number of aryl methyl sites for hydroxylation is 2. The van der Waals surface area contributed by atoms with Gasteiger partial charge in [-0.05, 0) is 44.2 Å². The summed E-state index contributed by atoms with van der Waals surface area (Å²) in [5.74, 6) is 1.12. The molecule has 2 N–H and O–H groups in total. The van der Waals surface area contributed by atoms with Crippen molar-refractivity contribution >= 4 is 11.6 Å². The predicted octanol–water partition coefficient (Wildman–Crippen LogP) is 2.65. The second-order valence-corrected chi connectivity index (χ2v) is 4.83. The number of hydrogen-bond acceptors (Lipinski definition) is 4. The number of amides is 1. The number of hydrogen-bond donors (Lipinski definition) is 2. The first kappa shape index (κ1) is 15.0. The fraction of sp³-hybridized carbons (Fsp3) is 0.250. The van der Waals surface area contributed by atoms with Crippen molar-refractivity contribution in [1.82, 2.24) is 10.3 Å². The van der Waals surface area contributed by atoms with Crippen LogP contribution in [0.4, 0.5) is 5.69 Å². The third-order valence-corrected chi connectivity index (χ3v) is 2.91. The van der Waals surface area contributed by atoms with Gasteiger partial charge in [0.15, 0.2) is 0 Å². The minimum Gasteiger partial charge on any atom is -0.439 e. The molecule has 0 unspecified atom stereocenters. The number of pyridine rings is 1. The SMILES string of the molecule is CNCC(=O)Nc1ccc(C)c(Oc2cc(C)ccn2)c1. The van der Waals surface area contributed by atoms with Gasteiger partial charge in [0.05, 0.1) is 6.54 Å². The molecule has 2 aromatic rings. The molecule has 0 bridgehead atoms. The van der Waals surface area contributed by atoms with Gasteiger partial charge in [-0.1, -0.05) is 6.07 Å². The molecular formula is C16H19N3O2. The van der Waals surface area contributed by atoms with Crippen molar-refractivity contribution in [2.75, 3.05) is 18.9 Å². The number of aromatic nitrogens is 1. The van der Waals surface area contributed by atoms with Crippen molar-refractivity contribution in [2.24, 2.45) is 0 Å². The van der Waals surface area contributed by atoms with E-state index in [2.05, 4.69) is 15.6 Å². The summed E-state index contributed by atoms with van der Waals surface area (Å²) in [6.45, 7) is 4.20. The van der Waals surface area contributed by atoms with Crippen LogP contribution in [0.5, 0.6) is 11.6 Å². The van der Waals surface area contributed by atoms with Crippen LogP contribution >= 0.6 is 0 Å². The molecule has 5 nitrogen and oxygen atoms in total. The van der Waals surface area contributed by atoms with E-state index in [0.717, 1.165) is 11.1 Å². The summed E-state index contributed by atoms with van der Waals surface area (Å²) >= 11 is 0. The van der Waals surface area contributed by atoms with E-state index in [0.29, 0.717) is 17.3 Å². The number of anilines is 1. The number of rotatable bonds is 5. The summed E-state index contributed by atoms with van der Waals surface area (Å²) in [4.78, 5) is 15.8. The number of nitrogens with one attached hydrogen (secondary N) is 2. The van der Waals surface area contributed by atoms with Crippen LogP contribution in [-0.4, -0.2) is 24.5 Å². The fourth-order valence-electron chi connectivity index (χ4n) is 1.83. The van der Waals surface area contributed by atoms with E-state index < -0.39 is 0 Å². The number of carbonyl (C=O) groups excluding carboxylic acids is 1. The topological polar surface area (TPSA) is 63.2 Å². The molecule has 0 fully saturated rings. The Morgan fingerprint density at radius 3 is 2.76 bits per heavy atom. The van der Waals surface area contributed by atoms with E-state index in [4.69, 9.17) is 4.74 Å². The van der Waals surface area contributed by atoms with Crippen molar-refractivity contribution < 1.29 is 9.53 Å². The smallest absolute Gasteiger partial charge is 0.238 e. The first-order chi connectivity index (χ1) is 10.1. The first-order valence-corrected chi connectivity index (χ1v) is 6.74. The molecule has 110 valence electrons. The van der Waals surface area contributed by atoms with Gasteiger partial charge in [-0.15, -0.1) is 0 Å². The minimum absolute atomic E-state index is 0.0963. The number of benzene rings is 1. The molecule has 21 heavy (non-hydrogen) atoms. The lowest BCUT2D eigenvalue weighted by Crippen LogP contribution is -2.25. The minimum atomic E-state index is -0.0963. The van der Waals surface area contributed by atoms with E-state index >= 15 is 0 Å². The van der Waals surface area contributed by atoms with E-state index in [9.17, 15) is 4.79 Å². The lowest BCUT2D eigenvalue weighted by molar-refractivity contribution is -0.115. The molecule has 1 amide bonds. The Kier molecular flexibility index (Phi) is 4.90. The van der Waals surface area contributed by atoms with Crippen LogP contribution < -0.4 is 15.4 Å². The molecule has 0 saturated carbocycles. The molecule has 0 atom stereocenters. The van der Waals surface area contributed by atoms with Crippen molar-refractivity contribution in [2.45, 2.75) is 13.8 Å². The van der Waals surface area contributed by atoms with Gasteiger partial charge in [0, 0.05) is 24.0 Å². The quantitative estimate of drug-likeness (QED) is 0.886. The highest BCUT2D eigenvalue weighted by molar-refractivity contribution is 5.92. The lowest BCUT2D eigenvalue weighted by Gasteiger charge is -2.11.